The number of hydrogen-bond acceptors (Lipinski definition) is 4. The van der Waals surface area contributed by atoms with Crippen molar-refractivity contribution in [3.63, 3.8) is 0 Å². The summed E-state index contributed by atoms with van der Waals surface area (Å²) in [7, 11) is 0. The molecule has 1 fully saturated rings. The second kappa shape index (κ2) is 8.64. The zero-order valence-corrected chi connectivity index (χ0v) is 18.2. The van der Waals surface area contributed by atoms with E-state index in [-0.39, 0.29) is 5.91 Å². The van der Waals surface area contributed by atoms with Gasteiger partial charge in [0.05, 0.1) is 16.8 Å². The second-order valence-electron chi connectivity index (χ2n) is 8.37. The molecule has 1 saturated carbocycles. The van der Waals surface area contributed by atoms with E-state index in [2.05, 4.69) is 49.6 Å². The molecule has 152 valence electrons. The van der Waals surface area contributed by atoms with Gasteiger partial charge in [0.25, 0.3) is 0 Å². The molecule has 0 aliphatic heterocycles. The topological polar surface area (TPSA) is 54.0 Å². The van der Waals surface area contributed by atoms with E-state index in [9.17, 15) is 4.79 Å². The first-order valence-electron chi connectivity index (χ1n) is 10.5. The third-order valence-corrected chi connectivity index (χ3v) is 7.26. The van der Waals surface area contributed by atoms with Gasteiger partial charge in [0.15, 0.2) is 0 Å². The summed E-state index contributed by atoms with van der Waals surface area (Å²) in [5.41, 5.74) is 4.18. The highest BCUT2D eigenvalue weighted by Crippen LogP contribution is 2.31. The Hall–Kier alpha value is -2.24. The van der Waals surface area contributed by atoms with Gasteiger partial charge in [0.2, 0.25) is 5.91 Å². The molecule has 0 unspecified atom stereocenters. The molecule has 29 heavy (non-hydrogen) atoms. The van der Waals surface area contributed by atoms with E-state index in [1.165, 1.54) is 23.1 Å². The molecule has 3 atom stereocenters. The van der Waals surface area contributed by atoms with Gasteiger partial charge in [-0.25, -0.2) is 4.98 Å². The molecule has 4 rings (SSSR count). The summed E-state index contributed by atoms with van der Waals surface area (Å²) in [4.78, 5) is 17.1. The molecule has 3 aromatic rings. The van der Waals surface area contributed by atoms with Crippen LogP contribution in [0.5, 0.6) is 0 Å². The number of benzene rings is 2. The van der Waals surface area contributed by atoms with Crippen LogP contribution in [0.1, 0.15) is 38.7 Å². The number of aryl methyl sites for hydroxylation is 1. The summed E-state index contributed by atoms with van der Waals surface area (Å²) < 4.78 is 1.20. The van der Waals surface area contributed by atoms with Crippen LogP contribution in [-0.2, 0) is 4.79 Å². The van der Waals surface area contributed by atoms with Gasteiger partial charge in [-0.15, -0.1) is 11.3 Å². The third-order valence-electron chi connectivity index (χ3n) is 6.19. The van der Waals surface area contributed by atoms with Gasteiger partial charge in [-0.2, -0.15) is 0 Å². The first-order valence-corrected chi connectivity index (χ1v) is 11.3. The van der Waals surface area contributed by atoms with Gasteiger partial charge >= 0.3 is 0 Å². The number of rotatable bonds is 5. The van der Waals surface area contributed by atoms with E-state index in [0.717, 1.165) is 34.1 Å². The number of carbonyl (C=O) groups is 1. The molecule has 1 aliphatic carbocycles. The summed E-state index contributed by atoms with van der Waals surface area (Å²) in [6.07, 6.45) is 3.71. The zero-order valence-electron chi connectivity index (χ0n) is 17.4. The van der Waals surface area contributed by atoms with Crippen molar-refractivity contribution in [3.05, 3.63) is 48.0 Å². The van der Waals surface area contributed by atoms with Gasteiger partial charge in [0.1, 0.15) is 5.01 Å². The molecule has 4 nitrogen and oxygen atoms in total. The number of hydrogen-bond donors (Lipinski definition) is 2. The zero-order chi connectivity index (χ0) is 20.4. The molecular formula is C24H29N3OS. The van der Waals surface area contributed by atoms with Gasteiger partial charge in [-0.3, -0.25) is 4.79 Å². The Morgan fingerprint density at radius 2 is 1.93 bits per heavy atom. The summed E-state index contributed by atoms with van der Waals surface area (Å²) in [6.45, 7) is 7.07. The summed E-state index contributed by atoms with van der Waals surface area (Å²) >= 11 is 1.70. The highest BCUT2D eigenvalue weighted by Gasteiger charge is 2.26. The molecule has 0 bridgehead atoms. The van der Waals surface area contributed by atoms with Crippen molar-refractivity contribution in [2.24, 2.45) is 11.8 Å². The fourth-order valence-corrected chi connectivity index (χ4v) is 5.22. The first-order chi connectivity index (χ1) is 14.0. The Bertz CT molecular complexity index is 995. The summed E-state index contributed by atoms with van der Waals surface area (Å²) in [5, 5.41) is 7.47. The normalized spacial score (nSPS) is 22.0. The van der Waals surface area contributed by atoms with Crippen molar-refractivity contribution >= 4 is 33.1 Å². The number of thiazole rings is 1. The van der Waals surface area contributed by atoms with Crippen LogP contribution in [0.15, 0.2) is 42.5 Å². The summed E-state index contributed by atoms with van der Waals surface area (Å²) in [5.74, 6) is 1.36. The van der Waals surface area contributed by atoms with Gasteiger partial charge in [0, 0.05) is 17.3 Å². The summed E-state index contributed by atoms with van der Waals surface area (Å²) in [6, 6.07) is 14.7. The molecule has 1 heterocycles. The number of amides is 1. The predicted molar refractivity (Wildman–Crippen MR) is 122 cm³/mol. The van der Waals surface area contributed by atoms with Crippen LogP contribution in [0, 0.1) is 18.8 Å². The number of nitrogens with one attached hydrogen (secondary N) is 2. The Morgan fingerprint density at radius 3 is 2.72 bits per heavy atom. The third kappa shape index (κ3) is 4.68. The lowest BCUT2D eigenvalue weighted by molar-refractivity contribution is -0.115. The number of aromatic nitrogens is 1. The van der Waals surface area contributed by atoms with Crippen LogP contribution in [0.4, 0.5) is 5.69 Å². The minimum absolute atomic E-state index is 0.0126. The van der Waals surface area contributed by atoms with E-state index >= 15 is 0 Å². The number of fused-ring (bicyclic) bond motifs is 1. The second-order valence-corrected chi connectivity index (χ2v) is 9.40. The van der Waals surface area contributed by atoms with Crippen LogP contribution in [0.3, 0.4) is 0 Å². The van der Waals surface area contributed by atoms with Gasteiger partial charge in [-0.1, -0.05) is 32.8 Å². The van der Waals surface area contributed by atoms with Crippen molar-refractivity contribution in [2.75, 3.05) is 11.9 Å². The average molecular weight is 408 g/mol. The fraction of sp³-hybridized carbons (Fsp3) is 0.417. The number of anilines is 1. The van der Waals surface area contributed by atoms with Crippen LogP contribution < -0.4 is 10.6 Å². The van der Waals surface area contributed by atoms with Crippen LogP contribution in [0.2, 0.25) is 0 Å². The fourth-order valence-electron chi connectivity index (χ4n) is 4.15. The maximum atomic E-state index is 12.4. The highest BCUT2D eigenvalue weighted by molar-refractivity contribution is 7.21. The van der Waals surface area contributed by atoms with Gasteiger partial charge < -0.3 is 10.6 Å². The largest absolute Gasteiger partial charge is 0.325 e. The van der Waals surface area contributed by atoms with Crippen LogP contribution in [0.25, 0.3) is 20.8 Å². The Balaban J connectivity index is 1.35. The molecule has 0 radical (unpaired) electrons. The van der Waals surface area contributed by atoms with E-state index < -0.39 is 0 Å². The average Bonchev–Trinajstić information content (AvgIpc) is 3.13. The lowest BCUT2D eigenvalue weighted by atomic mass is 9.78. The molecule has 0 saturated heterocycles. The van der Waals surface area contributed by atoms with Crippen molar-refractivity contribution in [1.82, 2.24) is 10.3 Å². The Kier molecular flexibility index (Phi) is 5.97. The Labute approximate surface area is 176 Å². The maximum Gasteiger partial charge on any atom is 0.238 e. The molecule has 2 aromatic carbocycles. The van der Waals surface area contributed by atoms with Crippen LogP contribution in [-0.4, -0.2) is 23.5 Å². The highest BCUT2D eigenvalue weighted by atomic mass is 32.1. The SMILES string of the molecule is Cc1ccc2nc(-c3ccc(NC(=O)CN[C@@H]4CCC[C@H](C)[C@@H]4C)cc3)sc2c1. The van der Waals surface area contributed by atoms with E-state index in [0.29, 0.717) is 18.5 Å². The van der Waals surface area contributed by atoms with Crippen LogP contribution >= 0.6 is 11.3 Å². The lowest BCUT2D eigenvalue weighted by Gasteiger charge is -2.34. The molecule has 0 spiro atoms. The monoisotopic (exact) mass is 407 g/mol. The van der Waals surface area contributed by atoms with E-state index in [1.807, 2.05) is 24.3 Å². The quantitative estimate of drug-likeness (QED) is 0.577. The number of carbonyl (C=O) groups excluding carboxylic acids is 1. The molecule has 5 heteroatoms. The molecule has 2 N–H and O–H groups in total. The van der Waals surface area contributed by atoms with E-state index in [1.54, 1.807) is 11.3 Å². The molecule has 1 amide bonds. The van der Waals surface area contributed by atoms with E-state index in [4.69, 9.17) is 4.98 Å². The molecule has 1 aliphatic rings. The van der Waals surface area contributed by atoms with Crippen molar-refractivity contribution in [3.8, 4) is 10.6 Å². The Morgan fingerprint density at radius 1 is 1.14 bits per heavy atom. The van der Waals surface area contributed by atoms with Gasteiger partial charge in [-0.05, 0) is 67.1 Å². The van der Waals surface area contributed by atoms with Crippen molar-refractivity contribution in [1.29, 1.82) is 0 Å². The first kappa shape index (κ1) is 20.0. The smallest absolute Gasteiger partial charge is 0.238 e. The van der Waals surface area contributed by atoms with Crippen molar-refractivity contribution < 1.29 is 4.79 Å². The predicted octanol–water partition coefficient (Wildman–Crippen LogP) is 5.62. The minimum atomic E-state index is 0.0126. The van der Waals surface area contributed by atoms with Crippen molar-refractivity contribution in [2.45, 2.75) is 46.1 Å². The molecular weight excluding hydrogens is 378 g/mol. The maximum absolute atomic E-state index is 12.4. The molecule has 1 aromatic heterocycles. The minimum Gasteiger partial charge on any atom is -0.325 e. The standard InChI is InChI=1S/C24H29N3OS/c1-15-7-12-21-22(13-15)29-24(27-21)18-8-10-19(11-9-18)26-23(28)14-25-20-6-4-5-16(2)17(20)3/h7-13,16-17,20,25H,4-6,14H2,1-3H3,(H,26,28)/t16-,17-,20+/m0/s1. The lowest BCUT2D eigenvalue weighted by Crippen LogP contribution is -2.43. The number of nitrogens with zero attached hydrogens (tertiary/aromatic N) is 1.